The molecule has 6 N–H and O–H groups in total. The van der Waals surface area contributed by atoms with Gasteiger partial charge in [-0.05, 0) is 93.2 Å². The Kier molecular flexibility index (Phi) is 10.3. The van der Waals surface area contributed by atoms with Crippen molar-refractivity contribution in [2.24, 2.45) is 34.4 Å². The van der Waals surface area contributed by atoms with Crippen LogP contribution in [0, 0.1) is 35.0 Å². The van der Waals surface area contributed by atoms with E-state index in [4.69, 9.17) is 29.5 Å². The summed E-state index contributed by atoms with van der Waals surface area (Å²) in [4.78, 5) is 54.2. The smallest absolute Gasteiger partial charge is 0.482 e. The lowest BCUT2D eigenvalue weighted by Crippen LogP contribution is -2.75. The Morgan fingerprint density at radius 2 is 1.83 bits per heavy atom. The third-order valence-corrected chi connectivity index (χ3v) is 13.0. The lowest BCUT2D eigenvalue weighted by Gasteiger charge is -2.62. The SMILES string of the molecule is CC(C)=CCCC1(C)C=Cc2c(c(CC=C(C)C)c3c(c2OP(=O)(O)O)C2=C4C(C(C#N)C(N)=N2)C2CC5C(C)(C)OC(CC=C(C)C(=O)NCCO)(C2=O)C45O3)O1. The number of allylic oxidation sites excluding steroid dienone is 4. The van der Waals surface area contributed by atoms with Crippen LogP contribution in [0.2, 0.25) is 0 Å². The molecule has 15 heteroatoms. The van der Waals surface area contributed by atoms with Gasteiger partial charge in [-0.2, -0.15) is 5.26 Å². The molecule has 1 spiro atoms. The van der Waals surface area contributed by atoms with Crippen LogP contribution in [0.15, 0.2) is 51.6 Å². The van der Waals surface area contributed by atoms with Crippen LogP contribution in [-0.4, -0.2) is 68.0 Å². The summed E-state index contributed by atoms with van der Waals surface area (Å²) in [6.45, 7) is 15.1. The van der Waals surface area contributed by atoms with Gasteiger partial charge in [0.1, 0.15) is 28.9 Å². The van der Waals surface area contributed by atoms with E-state index in [1.807, 2.05) is 60.6 Å². The number of fused-ring (bicyclic) bond motifs is 3. The van der Waals surface area contributed by atoms with Crippen molar-refractivity contribution in [2.75, 3.05) is 13.2 Å². The molecule has 310 valence electrons. The molecule has 0 radical (unpaired) electrons. The Morgan fingerprint density at radius 3 is 2.47 bits per heavy atom. The molecule has 3 saturated carbocycles. The second-order valence-electron chi connectivity index (χ2n) is 17.5. The molecule has 3 aliphatic carbocycles. The molecule has 1 amide bonds. The maximum Gasteiger partial charge on any atom is 0.524 e. The summed E-state index contributed by atoms with van der Waals surface area (Å²) in [5.41, 5.74) is 5.56. The maximum atomic E-state index is 15.3. The average molecular weight is 817 g/mol. The number of aliphatic hydroxyl groups excluding tert-OH is 1. The van der Waals surface area contributed by atoms with Gasteiger partial charge in [-0.1, -0.05) is 29.4 Å². The van der Waals surface area contributed by atoms with E-state index in [1.54, 1.807) is 19.1 Å². The average Bonchev–Trinajstić information content (AvgIpc) is 3.27. The number of carbonyl (C=O) groups is 2. The minimum Gasteiger partial charge on any atom is -0.482 e. The van der Waals surface area contributed by atoms with Crippen molar-refractivity contribution in [3.8, 4) is 23.3 Å². The molecule has 7 atom stereocenters. The molecule has 14 nitrogen and oxygen atoms in total. The van der Waals surface area contributed by atoms with Crippen LogP contribution in [0.1, 0.15) is 97.8 Å². The number of carbonyl (C=O) groups excluding carboxylic acids is 2. The van der Waals surface area contributed by atoms with Crippen LogP contribution in [0.5, 0.6) is 17.2 Å². The maximum absolute atomic E-state index is 15.3. The number of nitriles is 1. The summed E-state index contributed by atoms with van der Waals surface area (Å²) in [5.74, 6) is -3.61. The molecule has 58 heavy (non-hydrogen) atoms. The normalized spacial score (nSPS) is 30.8. The van der Waals surface area contributed by atoms with Crippen LogP contribution >= 0.6 is 7.82 Å². The number of nitrogens with zero attached hydrogens (tertiary/aromatic N) is 2. The number of nitrogens with two attached hydrogens (primary N) is 1. The highest BCUT2D eigenvalue weighted by Crippen LogP contribution is 2.74. The number of hydrogen-bond acceptors (Lipinski definition) is 11. The molecule has 1 aromatic carbocycles. The second-order valence-corrected chi connectivity index (χ2v) is 18.7. The highest BCUT2D eigenvalue weighted by molar-refractivity contribution is 7.46. The third kappa shape index (κ3) is 6.38. The van der Waals surface area contributed by atoms with Crippen molar-refractivity contribution in [3.05, 3.63) is 63.3 Å². The molecule has 1 saturated heterocycles. The van der Waals surface area contributed by atoms with Crippen molar-refractivity contribution >= 4 is 37.1 Å². The van der Waals surface area contributed by atoms with Crippen molar-refractivity contribution in [1.82, 2.24) is 5.32 Å². The predicted octanol–water partition coefficient (Wildman–Crippen LogP) is 5.76. The van der Waals surface area contributed by atoms with E-state index in [1.165, 1.54) is 0 Å². The minimum atomic E-state index is -5.26. The first-order chi connectivity index (χ1) is 27.1. The van der Waals surface area contributed by atoms with E-state index in [0.717, 1.165) is 11.1 Å². The first-order valence-electron chi connectivity index (χ1n) is 19.8. The monoisotopic (exact) mass is 816 g/mol. The molecule has 4 bridgehead atoms. The van der Waals surface area contributed by atoms with Gasteiger partial charge in [0.05, 0.1) is 35.1 Å². The van der Waals surface area contributed by atoms with E-state index < -0.39 is 59.8 Å². The summed E-state index contributed by atoms with van der Waals surface area (Å²) in [5, 5.41) is 22.6. The lowest BCUT2D eigenvalue weighted by molar-refractivity contribution is -0.182. The van der Waals surface area contributed by atoms with Crippen LogP contribution in [0.3, 0.4) is 0 Å². The number of ether oxygens (including phenoxy) is 3. The number of amidine groups is 1. The number of benzene rings is 1. The number of aliphatic hydroxyl groups is 1. The van der Waals surface area contributed by atoms with Gasteiger partial charge in [0.25, 0.3) is 0 Å². The van der Waals surface area contributed by atoms with Crippen molar-refractivity contribution < 1.29 is 47.8 Å². The largest absolute Gasteiger partial charge is 0.524 e. The number of phosphoric acid groups is 1. The number of hydrogen-bond donors (Lipinski definition) is 5. The Hall–Kier alpha value is -4.51. The fraction of sp³-hybridized carbons (Fsp3) is 0.535. The number of Topliss-reactive ketones (excluding diaryl/α,β-unsaturated/α-hetero) is 1. The molecule has 7 aliphatic rings. The summed E-state index contributed by atoms with van der Waals surface area (Å²) in [7, 11) is -5.26. The molecule has 8 rings (SSSR count). The molecular formula is C43H53N4O10P. The zero-order valence-electron chi connectivity index (χ0n) is 34.3. The van der Waals surface area contributed by atoms with Crippen molar-refractivity contribution in [1.29, 1.82) is 5.26 Å². The number of phosphoric ester groups is 1. The molecule has 7 unspecified atom stereocenters. The topological polar surface area (TPSA) is 223 Å². The van der Waals surface area contributed by atoms with Gasteiger partial charge in [-0.25, -0.2) is 9.56 Å². The van der Waals surface area contributed by atoms with E-state index >= 15 is 4.79 Å². The Morgan fingerprint density at radius 1 is 1.12 bits per heavy atom. The van der Waals surface area contributed by atoms with Gasteiger partial charge in [0.15, 0.2) is 22.7 Å². The second kappa shape index (κ2) is 14.3. The van der Waals surface area contributed by atoms with Crippen LogP contribution in [0.4, 0.5) is 0 Å². The van der Waals surface area contributed by atoms with Gasteiger partial charge in [-0.3, -0.25) is 19.4 Å². The first kappa shape index (κ1) is 41.6. The molecule has 4 aliphatic heterocycles. The van der Waals surface area contributed by atoms with Crippen molar-refractivity contribution in [3.63, 3.8) is 0 Å². The number of nitrogens with one attached hydrogen (secondary N) is 1. The summed E-state index contributed by atoms with van der Waals surface area (Å²) >= 11 is 0. The summed E-state index contributed by atoms with van der Waals surface area (Å²) in [6.07, 6.45) is 11.1. The Balaban J connectivity index is 1.57. The first-order valence-corrected chi connectivity index (χ1v) is 21.3. The van der Waals surface area contributed by atoms with Gasteiger partial charge < -0.3 is 34.9 Å². The number of aliphatic imine (C=N–C) groups is 1. The Bertz CT molecular complexity index is 2270. The predicted molar refractivity (Wildman–Crippen MR) is 216 cm³/mol. The number of ketones is 1. The van der Waals surface area contributed by atoms with E-state index in [-0.39, 0.29) is 65.9 Å². The zero-order chi connectivity index (χ0) is 42.3. The molecule has 1 aromatic rings. The van der Waals surface area contributed by atoms with E-state index in [2.05, 4.69) is 17.5 Å². The molecular weight excluding hydrogens is 763 g/mol. The number of amides is 1. The minimum absolute atomic E-state index is 0.0432. The summed E-state index contributed by atoms with van der Waals surface area (Å²) in [6, 6.07) is 2.29. The quantitative estimate of drug-likeness (QED) is 0.0966. The highest BCUT2D eigenvalue weighted by atomic mass is 31.2. The van der Waals surface area contributed by atoms with Gasteiger partial charge in [0, 0.05) is 47.4 Å². The standard InChI is InChI=1S/C43H53N4O10P/c1-22(2)10-9-15-41(8)16-14-26-34(54-41)25(12-11-23(3)4)35-31(36(26)56-58(51,52)53)33-32-30(28(21-44)38(45)47-33)27-20-29-40(6,7)57-42(37(27)49,43(29,32)55-35)17-13-24(5)39(50)46-18-19-48/h10-11,13-14,16,27-30,48H,9,12,15,17-20H2,1-8H3,(H2,45,47)(H,46,50)(H2,51,52,53). The van der Waals surface area contributed by atoms with Crippen LogP contribution in [0.25, 0.3) is 11.8 Å². The highest BCUT2D eigenvalue weighted by Gasteiger charge is 2.84. The van der Waals surface area contributed by atoms with Gasteiger partial charge in [-0.15, -0.1) is 0 Å². The van der Waals surface area contributed by atoms with Gasteiger partial charge in [0.2, 0.25) is 5.91 Å². The summed E-state index contributed by atoms with van der Waals surface area (Å²) < 4.78 is 40.0. The van der Waals surface area contributed by atoms with Crippen LogP contribution in [-0.2, 0) is 25.3 Å². The van der Waals surface area contributed by atoms with Gasteiger partial charge >= 0.3 is 7.82 Å². The van der Waals surface area contributed by atoms with E-state index in [9.17, 15) is 29.5 Å². The third-order valence-electron chi connectivity index (χ3n) is 12.6. The van der Waals surface area contributed by atoms with Crippen molar-refractivity contribution in [2.45, 2.75) is 110 Å². The molecule has 4 heterocycles. The molecule has 4 fully saturated rings. The Labute approximate surface area is 338 Å². The van der Waals surface area contributed by atoms with Crippen LogP contribution < -0.4 is 25.0 Å². The zero-order valence-corrected chi connectivity index (χ0v) is 35.2. The fourth-order valence-electron chi connectivity index (χ4n) is 10.1. The molecule has 0 aromatic heterocycles. The number of rotatable bonds is 12. The lowest BCUT2D eigenvalue weighted by atomic mass is 9.44. The van der Waals surface area contributed by atoms with E-state index in [0.29, 0.717) is 41.7 Å². The fourth-order valence-corrected chi connectivity index (χ4v) is 10.5.